The van der Waals surface area contributed by atoms with Gasteiger partial charge >= 0.3 is 0 Å². The van der Waals surface area contributed by atoms with Crippen LogP contribution in [0.15, 0.2) is 0 Å². The molecule has 3 rings (SSSR count). The molecular formula is C13H22N2O2. The van der Waals surface area contributed by atoms with Crippen molar-refractivity contribution in [2.24, 2.45) is 5.92 Å². The highest BCUT2D eigenvalue weighted by Gasteiger charge is 2.44. The van der Waals surface area contributed by atoms with Crippen molar-refractivity contribution in [3.8, 4) is 0 Å². The van der Waals surface area contributed by atoms with Crippen LogP contribution in [0.25, 0.3) is 0 Å². The van der Waals surface area contributed by atoms with E-state index in [4.69, 9.17) is 4.74 Å². The van der Waals surface area contributed by atoms with Crippen LogP contribution in [0.1, 0.15) is 32.1 Å². The normalized spacial score (nSPS) is 40.9. The fraction of sp³-hybridized carbons (Fsp3) is 0.923. The number of methoxy groups -OCH3 is 1. The summed E-state index contributed by atoms with van der Waals surface area (Å²) in [5, 5.41) is 3.54. The number of piperidine rings is 1. The Morgan fingerprint density at radius 2 is 2.24 bits per heavy atom. The lowest BCUT2D eigenvalue weighted by molar-refractivity contribution is -0.139. The van der Waals surface area contributed by atoms with Gasteiger partial charge in [-0.15, -0.1) is 0 Å². The van der Waals surface area contributed by atoms with Crippen molar-refractivity contribution in [3.05, 3.63) is 0 Å². The Hall–Kier alpha value is -0.610. The Balaban J connectivity index is 1.62. The molecule has 0 radical (unpaired) electrons. The molecule has 4 atom stereocenters. The summed E-state index contributed by atoms with van der Waals surface area (Å²) in [7, 11) is 1.75. The maximum atomic E-state index is 12.5. The van der Waals surface area contributed by atoms with Gasteiger partial charge in [0.1, 0.15) is 0 Å². The highest BCUT2D eigenvalue weighted by atomic mass is 16.5. The monoisotopic (exact) mass is 238 g/mol. The lowest BCUT2D eigenvalue weighted by Crippen LogP contribution is -2.47. The number of nitrogens with zero attached hydrogens (tertiary/aromatic N) is 1. The molecule has 3 aliphatic heterocycles. The standard InChI is InChI=1S/C13H22N2O2/c1-17-10-3-2-6-15(8-10)13(16)11-7-9-4-5-12(11)14-9/h9-12,14H,2-8H2,1H3. The third-order valence-corrected chi connectivity index (χ3v) is 4.64. The van der Waals surface area contributed by atoms with Gasteiger partial charge in [0, 0.05) is 32.3 Å². The molecule has 0 spiro atoms. The quantitative estimate of drug-likeness (QED) is 0.772. The van der Waals surface area contributed by atoms with E-state index in [2.05, 4.69) is 5.32 Å². The van der Waals surface area contributed by atoms with Crippen LogP contribution in [-0.2, 0) is 9.53 Å². The van der Waals surface area contributed by atoms with E-state index in [1.807, 2.05) is 4.90 Å². The van der Waals surface area contributed by atoms with E-state index in [1.165, 1.54) is 12.8 Å². The number of amides is 1. The lowest BCUT2D eigenvalue weighted by atomic mass is 9.87. The first-order valence-corrected chi connectivity index (χ1v) is 6.85. The first kappa shape index (κ1) is 11.5. The highest BCUT2D eigenvalue weighted by molar-refractivity contribution is 5.80. The van der Waals surface area contributed by atoms with Gasteiger partial charge in [-0.1, -0.05) is 0 Å². The maximum Gasteiger partial charge on any atom is 0.227 e. The molecule has 96 valence electrons. The van der Waals surface area contributed by atoms with E-state index >= 15 is 0 Å². The summed E-state index contributed by atoms with van der Waals surface area (Å²) in [6.45, 7) is 1.72. The molecule has 3 heterocycles. The van der Waals surface area contributed by atoms with Crippen molar-refractivity contribution >= 4 is 5.91 Å². The first-order chi connectivity index (χ1) is 8.28. The number of nitrogens with one attached hydrogen (secondary N) is 1. The summed E-state index contributed by atoms with van der Waals surface area (Å²) in [5.74, 6) is 0.607. The van der Waals surface area contributed by atoms with Gasteiger partial charge in [-0.3, -0.25) is 4.79 Å². The molecule has 3 saturated heterocycles. The Kier molecular flexibility index (Phi) is 3.09. The van der Waals surface area contributed by atoms with Crippen molar-refractivity contribution in [1.29, 1.82) is 0 Å². The fourth-order valence-corrected chi connectivity index (χ4v) is 3.66. The van der Waals surface area contributed by atoms with E-state index in [0.717, 1.165) is 32.4 Å². The maximum absolute atomic E-state index is 12.5. The lowest BCUT2D eigenvalue weighted by Gasteiger charge is -2.35. The number of fused-ring (bicyclic) bond motifs is 2. The van der Waals surface area contributed by atoms with Crippen molar-refractivity contribution in [2.75, 3.05) is 20.2 Å². The number of hydrogen-bond acceptors (Lipinski definition) is 3. The van der Waals surface area contributed by atoms with E-state index in [1.54, 1.807) is 7.11 Å². The third kappa shape index (κ3) is 2.08. The second-order valence-electron chi connectivity index (χ2n) is 5.67. The zero-order chi connectivity index (χ0) is 11.8. The second kappa shape index (κ2) is 4.58. The Morgan fingerprint density at radius 3 is 2.88 bits per heavy atom. The molecule has 17 heavy (non-hydrogen) atoms. The van der Waals surface area contributed by atoms with Crippen LogP contribution in [0.5, 0.6) is 0 Å². The molecule has 4 unspecified atom stereocenters. The number of likely N-dealkylation sites (tertiary alicyclic amines) is 1. The topological polar surface area (TPSA) is 41.6 Å². The number of ether oxygens (including phenoxy) is 1. The minimum Gasteiger partial charge on any atom is -0.380 e. The molecule has 0 aliphatic carbocycles. The van der Waals surface area contributed by atoms with E-state index in [9.17, 15) is 4.79 Å². The molecule has 4 nitrogen and oxygen atoms in total. The zero-order valence-electron chi connectivity index (χ0n) is 10.5. The first-order valence-electron chi connectivity index (χ1n) is 6.85. The SMILES string of the molecule is COC1CCCN(C(=O)C2CC3CCC2N3)C1. The molecule has 0 aromatic carbocycles. The molecule has 0 aromatic heterocycles. The van der Waals surface area contributed by atoms with Gasteiger partial charge in [-0.05, 0) is 32.1 Å². The molecule has 1 N–H and O–H groups in total. The Morgan fingerprint density at radius 1 is 1.35 bits per heavy atom. The van der Waals surface area contributed by atoms with E-state index < -0.39 is 0 Å². The highest BCUT2D eigenvalue weighted by Crippen LogP contribution is 2.34. The Labute approximate surface area is 103 Å². The fourth-order valence-electron chi connectivity index (χ4n) is 3.66. The zero-order valence-corrected chi connectivity index (χ0v) is 10.5. The van der Waals surface area contributed by atoms with Crippen LogP contribution < -0.4 is 5.32 Å². The van der Waals surface area contributed by atoms with Crippen LogP contribution in [-0.4, -0.2) is 49.2 Å². The van der Waals surface area contributed by atoms with Gasteiger partial charge in [-0.2, -0.15) is 0 Å². The van der Waals surface area contributed by atoms with Gasteiger partial charge in [0.2, 0.25) is 5.91 Å². The van der Waals surface area contributed by atoms with Gasteiger partial charge in [0.25, 0.3) is 0 Å². The largest absolute Gasteiger partial charge is 0.380 e. The van der Waals surface area contributed by atoms with Crippen molar-refractivity contribution in [2.45, 2.75) is 50.3 Å². The minimum atomic E-state index is 0.240. The van der Waals surface area contributed by atoms with Gasteiger partial charge in [0.05, 0.1) is 12.0 Å². The number of carbonyl (C=O) groups is 1. The van der Waals surface area contributed by atoms with E-state index in [0.29, 0.717) is 18.0 Å². The van der Waals surface area contributed by atoms with Gasteiger partial charge < -0.3 is 15.0 Å². The Bertz CT molecular complexity index is 308. The summed E-state index contributed by atoms with van der Waals surface area (Å²) in [4.78, 5) is 14.5. The molecule has 0 aromatic rings. The van der Waals surface area contributed by atoms with Crippen LogP contribution in [0.2, 0.25) is 0 Å². The average molecular weight is 238 g/mol. The van der Waals surface area contributed by atoms with Crippen molar-refractivity contribution < 1.29 is 9.53 Å². The summed E-state index contributed by atoms with van der Waals surface area (Å²) in [6.07, 6.45) is 5.92. The molecule has 2 bridgehead atoms. The van der Waals surface area contributed by atoms with Gasteiger partial charge in [-0.25, -0.2) is 0 Å². The molecule has 1 amide bonds. The molecule has 4 heteroatoms. The third-order valence-electron chi connectivity index (χ3n) is 4.64. The molecule has 0 saturated carbocycles. The van der Waals surface area contributed by atoms with Crippen LogP contribution in [0.3, 0.4) is 0 Å². The minimum absolute atomic E-state index is 0.240. The summed E-state index contributed by atoms with van der Waals surface area (Å²) >= 11 is 0. The number of rotatable bonds is 2. The predicted octanol–water partition coefficient (Wildman–Crippen LogP) is 0.764. The summed E-state index contributed by atoms with van der Waals surface area (Å²) in [6, 6.07) is 1.06. The van der Waals surface area contributed by atoms with Crippen LogP contribution >= 0.6 is 0 Å². The average Bonchev–Trinajstić information content (AvgIpc) is 3.00. The predicted molar refractivity (Wildman–Crippen MR) is 64.7 cm³/mol. The summed E-state index contributed by atoms with van der Waals surface area (Å²) < 4.78 is 5.39. The van der Waals surface area contributed by atoms with Gasteiger partial charge in [0.15, 0.2) is 0 Å². The molecular weight excluding hydrogens is 216 g/mol. The number of hydrogen-bond donors (Lipinski definition) is 1. The van der Waals surface area contributed by atoms with Crippen molar-refractivity contribution in [3.63, 3.8) is 0 Å². The smallest absolute Gasteiger partial charge is 0.227 e. The number of carbonyl (C=O) groups excluding carboxylic acids is 1. The summed E-state index contributed by atoms with van der Waals surface area (Å²) in [5.41, 5.74) is 0. The second-order valence-corrected chi connectivity index (χ2v) is 5.67. The van der Waals surface area contributed by atoms with Crippen LogP contribution in [0.4, 0.5) is 0 Å². The van der Waals surface area contributed by atoms with E-state index in [-0.39, 0.29) is 12.0 Å². The molecule has 3 aliphatic rings. The van der Waals surface area contributed by atoms with Crippen molar-refractivity contribution in [1.82, 2.24) is 10.2 Å². The van der Waals surface area contributed by atoms with Crippen LogP contribution in [0, 0.1) is 5.92 Å². The molecule has 3 fully saturated rings.